The number of aromatic amines is 1. The van der Waals surface area contributed by atoms with Crippen LogP contribution < -0.4 is 0 Å². The molecule has 1 aliphatic rings. The zero-order valence-electron chi connectivity index (χ0n) is 9.27. The Bertz CT molecular complexity index is 493. The van der Waals surface area contributed by atoms with Gasteiger partial charge >= 0.3 is 0 Å². The van der Waals surface area contributed by atoms with Crippen LogP contribution in [-0.4, -0.2) is 35.7 Å². The average Bonchev–Trinajstić information content (AvgIpc) is 2.58. The molecule has 5 nitrogen and oxygen atoms in total. The highest BCUT2D eigenvalue weighted by atomic mass is 32.2. The van der Waals surface area contributed by atoms with E-state index in [1.54, 1.807) is 0 Å². The van der Waals surface area contributed by atoms with Crippen LogP contribution in [0.5, 0.6) is 0 Å². The van der Waals surface area contributed by atoms with Crippen LogP contribution >= 0.6 is 12.6 Å². The molecule has 0 radical (unpaired) electrons. The lowest BCUT2D eigenvalue weighted by molar-refractivity contribution is 0.390. The molecule has 1 N–H and O–H groups in total. The second kappa shape index (κ2) is 4.05. The molecule has 90 valence electrons. The first kappa shape index (κ1) is 11.9. The minimum absolute atomic E-state index is 0.0739. The molecule has 1 atom stereocenters. The predicted molar refractivity (Wildman–Crippen MR) is 64.9 cm³/mol. The van der Waals surface area contributed by atoms with Crippen LogP contribution in [0, 0.1) is 0 Å². The lowest BCUT2D eigenvalue weighted by atomic mass is 10.0. The summed E-state index contributed by atoms with van der Waals surface area (Å²) in [5.41, 5.74) is 2.96. The van der Waals surface area contributed by atoms with Crippen molar-refractivity contribution in [3.8, 4) is 0 Å². The fourth-order valence-corrected chi connectivity index (χ4v) is 2.95. The molecule has 0 bridgehead atoms. The van der Waals surface area contributed by atoms with Gasteiger partial charge in [-0.2, -0.15) is 22.0 Å². The van der Waals surface area contributed by atoms with Crippen molar-refractivity contribution >= 4 is 22.7 Å². The van der Waals surface area contributed by atoms with Gasteiger partial charge in [0, 0.05) is 17.4 Å². The van der Waals surface area contributed by atoms with Gasteiger partial charge in [0.15, 0.2) is 0 Å². The molecule has 0 aromatic carbocycles. The highest BCUT2D eigenvalue weighted by molar-refractivity contribution is 7.88. The summed E-state index contributed by atoms with van der Waals surface area (Å²) in [4.78, 5) is 0. The summed E-state index contributed by atoms with van der Waals surface area (Å²) >= 11 is 4.35. The Hall–Kier alpha value is -0.530. The molecular formula is C9H15N3O2S2. The maximum Gasteiger partial charge on any atom is 0.211 e. The van der Waals surface area contributed by atoms with E-state index in [1.807, 2.05) is 6.92 Å². The molecule has 1 aromatic heterocycles. The van der Waals surface area contributed by atoms with E-state index < -0.39 is 10.0 Å². The Morgan fingerprint density at radius 3 is 2.81 bits per heavy atom. The summed E-state index contributed by atoms with van der Waals surface area (Å²) in [6.45, 7) is 2.88. The van der Waals surface area contributed by atoms with Crippen molar-refractivity contribution < 1.29 is 8.42 Å². The van der Waals surface area contributed by atoms with Gasteiger partial charge in [-0.3, -0.25) is 5.10 Å². The number of nitrogens with zero attached hydrogens (tertiary/aromatic N) is 2. The summed E-state index contributed by atoms with van der Waals surface area (Å²) in [7, 11) is -3.11. The molecule has 1 aromatic rings. The highest BCUT2D eigenvalue weighted by Gasteiger charge is 2.27. The Morgan fingerprint density at radius 2 is 2.25 bits per heavy atom. The highest BCUT2D eigenvalue weighted by Crippen LogP contribution is 2.27. The first-order valence-corrected chi connectivity index (χ1v) is 7.45. The number of H-pyrrole nitrogens is 1. The number of thiol groups is 1. The summed E-state index contributed by atoms with van der Waals surface area (Å²) in [5, 5.41) is 7.17. The minimum atomic E-state index is -3.11. The summed E-state index contributed by atoms with van der Waals surface area (Å²) in [5.74, 6) is 0. The summed E-state index contributed by atoms with van der Waals surface area (Å²) in [6, 6.07) is 0. The molecule has 1 aliphatic heterocycles. The molecular weight excluding hydrogens is 246 g/mol. The number of fused-ring (bicyclic) bond motifs is 1. The SMILES string of the molecule is CC(S)c1n[nH]c2c1CCN(S(C)(=O)=O)C2. The minimum Gasteiger partial charge on any atom is -0.281 e. The maximum atomic E-state index is 11.4. The molecule has 2 rings (SSSR count). The smallest absolute Gasteiger partial charge is 0.211 e. The summed E-state index contributed by atoms with van der Waals surface area (Å²) in [6.07, 6.45) is 1.94. The van der Waals surface area contributed by atoms with Crippen molar-refractivity contribution in [2.75, 3.05) is 12.8 Å². The quantitative estimate of drug-likeness (QED) is 0.771. The van der Waals surface area contributed by atoms with Crippen molar-refractivity contribution in [2.45, 2.75) is 25.1 Å². The normalized spacial score (nSPS) is 19.4. The van der Waals surface area contributed by atoms with Gasteiger partial charge in [-0.15, -0.1) is 0 Å². The van der Waals surface area contributed by atoms with E-state index in [2.05, 4.69) is 22.8 Å². The van der Waals surface area contributed by atoms with E-state index in [4.69, 9.17) is 0 Å². The number of rotatable bonds is 2. The van der Waals surface area contributed by atoms with E-state index in [0.717, 1.165) is 17.0 Å². The monoisotopic (exact) mass is 261 g/mol. The lowest BCUT2D eigenvalue weighted by Gasteiger charge is -2.24. The van der Waals surface area contributed by atoms with E-state index in [-0.39, 0.29) is 5.25 Å². The second-order valence-corrected chi connectivity index (χ2v) is 6.85. The van der Waals surface area contributed by atoms with E-state index in [0.29, 0.717) is 19.5 Å². The van der Waals surface area contributed by atoms with Gasteiger partial charge in [0.2, 0.25) is 10.0 Å². The number of nitrogens with one attached hydrogen (secondary N) is 1. The third kappa shape index (κ3) is 2.11. The average molecular weight is 261 g/mol. The first-order valence-electron chi connectivity index (χ1n) is 5.09. The topological polar surface area (TPSA) is 66.1 Å². The van der Waals surface area contributed by atoms with Crippen molar-refractivity contribution in [3.05, 3.63) is 17.0 Å². The van der Waals surface area contributed by atoms with Gasteiger partial charge in [-0.25, -0.2) is 8.42 Å². The Balaban J connectivity index is 2.30. The second-order valence-electron chi connectivity index (χ2n) is 4.09. The van der Waals surface area contributed by atoms with Gasteiger partial charge in [0.25, 0.3) is 0 Å². The zero-order valence-corrected chi connectivity index (χ0v) is 11.0. The van der Waals surface area contributed by atoms with Crippen LogP contribution in [0.15, 0.2) is 0 Å². The molecule has 0 saturated carbocycles. The Kier molecular flexibility index (Phi) is 3.02. The fraction of sp³-hybridized carbons (Fsp3) is 0.667. The predicted octanol–water partition coefficient (Wildman–Crippen LogP) is 0.718. The van der Waals surface area contributed by atoms with Crippen molar-refractivity contribution in [3.63, 3.8) is 0 Å². The van der Waals surface area contributed by atoms with Crippen LogP contribution in [0.3, 0.4) is 0 Å². The number of hydrogen-bond donors (Lipinski definition) is 2. The number of hydrogen-bond acceptors (Lipinski definition) is 4. The molecule has 0 fully saturated rings. The Labute approximate surface area is 101 Å². The van der Waals surface area contributed by atoms with Gasteiger partial charge in [0.05, 0.1) is 24.2 Å². The largest absolute Gasteiger partial charge is 0.281 e. The molecule has 0 amide bonds. The molecule has 1 unspecified atom stereocenters. The van der Waals surface area contributed by atoms with Crippen molar-refractivity contribution in [1.82, 2.24) is 14.5 Å². The summed E-state index contributed by atoms with van der Waals surface area (Å²) < 4.78 is 24.3. The lowest BCUT2D eigenvalue weighted by Crippen LogP contribution is -2.35. The van der Waals surface area contributed by atoms with Crippen LogP contribution in [0.2, 0.25) is 0 Å². The fourth-order valence-electron chi connectivity index (χ4n) is 1.95. The van der Waals surface area contributed by atoms with Crippen LogP contribution in [0.1, 0.15) is 29.1 Å². The van der Waals surface area contributed by atoms with Gasteiger partial charge in [-0.05, 0) is 13.3 Å². The van der Waals surface area contributed by atoms with E-state index in [9.17, 15) is 8.42 Å². The molecule has 0 saturated heterocycles. The number of aromatic nitrogens is 2. The van der Waals surface area contributed by atoms with Gasteiger partial charge in [0.1, 0.15) is 0 Å². The number of sulfonamides is 1. The molecule has 0 spiro atoms. The van der Waals surface area contributed by atoms with Crippen molar-refractivity contribution in [2.24, 2.45) is 0 Å². The van der Waals surface area contributed by atoms with Crippen molar-refractivity contribution in [1.29, 1.82) is 0 Å². The third-order valence-corrected chi connectivity index (χ3v) is 4.29. The third-order valence-electron chi connectivity index (χ3n) is 2.80. The first-order chi connectivity index (χ1) is 7.39. The zero-order chi connectivity index (χ0) is 11.9. The molecule has 2 heterocycles. The van der Waals surface area contributed by atoms with Crippen LogP contribution in [0.4, 0.5) is 0 Å². The maximum absolute atomic E-state index is 11.4. The molecule has 16 heavy (non-hydrogen) atoms. The van der Waals surface area contributed by atoms with Crippen LogP contribution in [-0.2, 0) is 23.0 Å². The van der Waals surface area contributed by atoms with Gasteiger partial charge < -0.3 is 0 Å². The van der Waals surface area contributed by atoms with Gasteiger partial charge in [-0.1, -0.05) is 0 Å². The molecule has 0 aliphatic carbocycles. The molecule has 7 heteroatoms. The van der Waals surface area contributed by atoms with E-state index in [1.165, 1.54) is 10.6 Å². The van der Waals surface area contributed by atoms with E-state index >= 15 is 0 Å². The Morgan fingerprint density at radius 1 is 1.56 bits per heavy atom. The standard InChI is InChI=1S/C9H15N3O2S2/c1-6(15)9-7-3-4-12(16(2,13)14)5-8(7)10-11-9/h6,15H,3-5H2,1-2H3,(H,10,11). The van der Waals surface area contributed by atoms with Crippen LogP contribution in [0.25, 0.3) is 0 Å².